The normalized spacial score (nSPS) is 10.7. The number of hydrogen-bond donors (Lipinski definition) is 2. The third kappa shape index (κ3) is 2.87. The van der Waals surface area contributed by atoms with E-state index in [0.29, 0.717) is 11.7 Å². The quantitative estimate of drug-likeness (QED) is 0.663. The molecular weight excluding hydrogens is 360 g/mol. The first kappa shape index (κ1) is 13.6. The van der Waals surface area contributed by atoms with Crippen molar-refractivity contribution >= 4 is 44.6 Å². The van der Waals surface area contributed by atoms with E-state index >= 15 is 0 Å². The Kier molecular flexibility index (Phi) is 4.05. The summed E-state index contributed by atoms with van der Waals surface area (Å²) in [6.07, 6.45) is 3.54. The molecule has 0 saturated heterocycles. The molecule has 0 radical (unpaired) electrons. The maximum absolute atomic E-state index is 5.87. The number of hydrogen-bond acceptors (Lipinski definition) is 4. The zero-order valence-electron chi connectivity index (χ0n) is 10.2. The van der Waals surface area contributed by atoms with Crippen molar-refractivity contribution in [2.45, 2.75) is 6.54 Å². The number of anilines is 1. The Morgan fingerprint density at radius 1 is 1.40 bits per heavy atom. The minimum atomic E-state index is 0.457. The maximum atomic E-state index is 5.87. The largest absolute Gasteiger partial charge is 0.380 e. The molecular formula is C13H10BrClN4S. The van der Waals surface area contributed by atoms with Crippen molar-refractivity contribution in [2.24, 2.45) is 0 Å². The molecule has 3 aromatic heterocycles. The molecule has 0 aliphatic carbocycles. The molecule has 3 rings (SSSR count). The molecule has 2 N–H and O–H groups in total. The lowest BCUT2D eigenvalue weighted by Crippen LogP contribution is -2.00. The summed E-state index contributed by atoms with van der Waals surface area (Å²) in [6.45, 7) is 0.666. The lowest BCUT2D eigenvalue weighted by molar-refractivity contribution is 1.10. The van der Waals surface area contributed by atoms with Crippen molar-refractivity contribution in [2.75, 3.05) is 5.32 Å². The molecule has 0 spiro atoms. The number of halogens is 2. The van der Waals surface area contributed by atoms with Gasteiger partial charge in [-0.25, -0.2) is 4.98 Å². The van der Waals surface area contributed by atoms with E-state index in [0.717, 1.165) is 21.4 Å². The third-order valence-electron chi connectivity index (χ3n) is 2.76. The SMILES string of the molecule is Clc1ncc(NCc2cn[nH]c2-c2cccs2)cc1Br. The van der Waals surface area contributed by atoms with Crippen LogP contribution in [0.15, 0.2) is 40.4 Å². The van der Waals surface area contributed by atoms with Crippen LogP contribution in [-0.4, -0.2) is 15.2 Å². The monoisotopic (exact) mass is 368 g/mol. The summed E-state index contributed by atoms with van der Waals surface area (Å²) in [5.74, 6) is 0. The van der Waals surface area contributed by atoms with Gasteiger partial charge in [0.15, 0.2) is 0 Å². The van der Waals surface area contributed by atoms with Crippen LogP contribution >= 0.6 is 38.9 Å². The van der Waals surface area contributed by atoms with Crippen molar-refractivity contribution in [3.05, 3.63) is 51.2 Å². The third-order valence-corrected chi connectivity index (χ3v) is 4.79. The van der Waals surface area contributed by atoms with Crippen molar-refractivity contribution in [3.63, 3.8) is 0 Å². The smallest absolute Gasteiger partial charge is 0.143 e. The minimum Gasteiger partial charge on any atom is -0.380 e. The first-order valence-electron chi connectivity index (χ1n) is 5.85. The first-order valence-corrected chi connectivity index (χ1v) is 7.90. The average molecular weight is 370 g/mol. The lowest BCUT2D eigenvalue weighted by atomic mass is 10.2. The second-order valence-corrected chi connectivity index (χ2v) is 6.26. The van der Waals surface area contributed by atoms with Crippen molar-refractivity contribution in [1.29, 1.82) is 0 Å². The Morgan fingerprint density at radius 2 is 2.30 bits per heavy atom. The van der Waals surface area contributed by atoms with Gasteiger partial charge in [-0.2, -0.15) is 5.10 Å². The lowest BCUT2D eigenvalue weighted by Gasteiger charge is -2.07. The zero-order valence-corrected chi connectivity index (χ0v) is 13.4. The second-order valence-electron chi connectivity index (χ2n) is 4.10. The van der Waals surface area contributed by atoms with E-state index in [1.807, 2.05) is 23.7 Å². The van der Waals surface area contributed by atoms with Crippen LogP contribution in [0.25, 0.3) is 10.6 Å². The van der Waals surface area contributed by atoms with Crippen molar-refractivity contribution < 1.29 is 0 Å². The predicted molar refractivity (Wildman–Crippen MR) is 86.2 cm³/mol. The number of nitrogens with zero attached hydrogens (tertiary/aromatic N) is 2. The van der Waals surface area contributed by atoms with Gasteiger partial charge in [-0.1, -0.05) is 17.7 Å². The van der Waals surface area contributed by atoms with Gasteiger partial charge < -0.3 is 5.32 Å². The molecule has 0 aromatic carbocycles. The summed E-state index contributed by atoms with van der Waals surface area (Å²) in [7, 11) is 0. The number of nitrogens with one attached hydrogen (secondary N) is 2. The summed E-state index contributed by atoms with van der Waals surface area (Å²) >= 11 is 10.9. The fourth-order valence-corrected chi connectivity index (χ4v) is 3.00. The first-order chi connectivity index (χ1) is 9.74. The van der Waals surface area contributed by atoms with Crippen LogP contribution in [0.5, 0.6) is 0 Å². The highest BCUT2D eigenvalue weighted by molar-refractivity contribution is 9.10. The molecule has 3 heterocycles. The molecule has 0 amide bonds. The van der Waals surface area contributed by atoms with E-state index < -0.39 is 0 Å². The van der Waals surface area contributed by atoms with Gasteiger partial charge in [0, 0.05) is 12.1 Å². The van der Waals surface area contributed by atoms with Gasteiger partial charge in [-0.15, -0.1) is 11.3 Å². The molecule has 102 valence electrons. The van der Waals surface area contributed by atoms with Crippen LogP contribution in [0.3, 0.4) is 0 Å². The highest BCUT2D eigenvalue weighted by Crippen LogP contribution is 2.27. The highest BCUT2D eigenvalue weighted by atomic mass is 79.9. The molecule has 0 aliphatic rings. The van der Waals surface area contributed by atoms with Crippen LogP contribution in [0, 0.1) is 0 Å². The summed E-state index contributed by atoms with van der Waals surface area (Å²) in [6, 6.07) is 6.00. The van der Waals surface area contributed by atoms with Crippen LogP contribution in [0.4, 0.5) is 5.69 Å². The van der Waals surface area contributed by atoms with E-state index in [1.165, 1.54) is 4.88 Å². The molecule has 0 atom stereocenters. The van der Waals surface area contributed by atoms with Gasteiger partial charge in [0.2, 0.25) is 0 Å². The van der Waals surface area contributed by atoms with Crippen LogP contribution in [-0.2, 0) is 6.54 Å². The van der Waals surface area contributed by atoms with E-state index in [2.05, 4.69) is 42.5 Å². The fourth-order valence-electron chi connectivity index (χ4n) is 1.79. The Balaban J connectivity index is 1.76. The molecule has 3 aromatic rings. The zero-order chi connectivity index (χ0) is 13.9. The van der Waals surface area contributed by atoms with Gasteiger partial charge in [0.25, 0.3) is 0 Å². The minimum absolute atomic E-state index is 0.457. The van der Waals surface area contributed by atoms with Gasteiger partial charge >= 0.3 is 0 Å². The molecule has 0 saturated carbocycles. The second kappa shape index (κ2) is 5.95. The Morgan fingerprint density at radius 3 is 3.05 bits per heavy atom. The van der Waals surface area contributed by atoms with E-state index in [4.69, 9.17) is 11.6 Å². The molecule has 7 heteroatoms. The van der Waals surface area contributed by atoms with E-state index in [1.54, 1.807) is 17.5 Å². The summed E-state index contributed by atoms with van der Waals surface area (Å²) in [5.41, 5.74) is 3.06. The molecule has 0 unspecified atom stereocenters. The molecule has 0 aliphatic heterocycles. The number of rotatable bonds is 4. The number of aromatic amines is 1. The standard InChI is InChI=1S/C13H10BrClN4S/c14-10-4-9(7-17-13(10)15)16-5-8-6-18-19-12(8)11-2-1-3-20-11/h1-4,6-7,16H,5H2,(H,18,19). The topological polar surface area (TPSA) is 53.6 Å². The van der Waals surface area contributed by atoms with Gasteiger partial charge in [0.1, 0.15) is 5.15 Å². The van der Waals surface area contributed by atoms with Gasteiger partial charge in [0.05, 0.1) is 33.1 Å². The van der Waals surface area contributed by atoms with Crippen LogP contribution in [0.1, 0.15) is 5.56 Å². The Hall–Kier alpha value is -1.37. The molecule has 0 bridgehead atoms. The van der Waals surface area contributed by atoms with Crippen molar-refractivity contribution in [3.8, 4) is 10.6 Å². The Bertz CT molecular complexity index is 711. The number of thiophene rings is 1. The molecule has 20 heavy (non-hydrogen) atoms. The van der Waals surface area contributed by atoms with Gasteiger partial charge in [-0.3, -0.25) is 5.10 Å². The maximum Gasteiger partial charge on any atom is 0.143 e. The number of aromatic nitrogens is 3. The van der Waals surface area contributed by atoms with Crippen LogP contribution < -0.4 is 5.32 Å². The Labute approximate surface area is 133 Å². The van der Waals surface area contributed by atoms with E-state index in [-0.39, 0.29) is 0 Å². The summed E-state index contributed by atoms with van der Waals surface area (Å²) < 4.78 is 0.773. The van der Waals surface area contributed by atoms with Crippen molar-refractivity contribution in [1.82, 2.24) is 15.2 Å². The van der Waals surface area contributed by atoms with Gasteiger partial charge in [-0.05, 0) is 33.4 Å². The predicted octanol–water partition coefficient (Wildman–Crippen LogP) is 4.56. The molecule has 0 fully saturated rings. The summed E-state index contributed by atoms with van der Waals surface area (Å²) in [4.78, 5) is 5.26. The molecule has 4 nitrogen and oxygen atoms in total. The number of H-pyrrole nitrogens is 1. The average Bonchev–Trinajstić information content (AvgIpc) is 3.09. The summed E-state index contributed by atoms with van der Waals surface area (Å²) in [5, 5.41) is 13.0. The van der Waals surface area contributed by atoms with E-state index in [9.17, 15) is 0 Å². The number of pyridine rings is 1. The highest BCUT2D eigenvalue weighted by Gasteiger charge is 2.08. The van der Waals surface area contributed by atoms with Crippen LogP contribution in [0.2, 0.25) is 5.15 Å². The fraction of sp³-hybridized carbons (Fsp3) is 0.0769.